The maximum absolute atomic E-state index is 13.9. The molecular weight excluding hydrogens is 488 g/mol. The number of aliphatic hydroxyl groups is 1. The van der Waals surface area contributed by atoms with E-state index in [-0.39, 0.29) is 36.0 Å². The molecule has 1 aromatic heterocycles. The van der Waals surface area contributed by atoms with Crippen LogP contribution >= 0.6 is 0 Å². The van der Waals surface area contributed by atoms with Crippen molar-refractivity contribution in [2.45, 2.75) is 31.3 Å². The predicted molar refractivity (Wildman–Crippen MR) is 137 cm³/mol. The van der Waals surface area contributed by atoms with E-state index in [0.717, 1.165) is 17.3 Å². The summed E-state index contributed by atoms with van der Waals surface area (Å²) in [4.78, 5) is 57.3. The van der Waals surface area contributed by atoms with Crippen LogP contribution in [0.4, 0.5) is 0 Å². The van der Waals surface area contributed by atoms with Crippen LogP contribution in [-0.4, -0.2) is 77.4 Å². The number of hydrogen-bond donors (Lipinski definition) is 4. The van der Waals surface area contributed by atoms with Gasteiger partial charge in [-0.3, -0.25) is 19.2 Å². The molecule has 2 aliphatic heterocycles. The smallest absolute Gasteiger partial charge is 0.271 e. The number of aromatic amines is 1. The standard InChI is InChI=1S/C28H32N4O6/c1-38-23-4-2-3-19-17(23)11-21(30-19)28(37)32-12-18-14-5-6-15(9-14)24(18)25(32)27(36)31-20(22(34)13-33)10-16-7-8-29-26(16)35/h2-6,11,14-16,18,20,24-25,30,33H,7-10,12-13H2,1H3,(H,29,35)(H,31,36)/t14-,15+,16+,18-,20+,24+,25+/m1/s1. The first-order chi connectivity index (χ1) is 18.4. The summed E-state index contributed by atoms with van der Waals surface area (Å²) in [5.74, 6) is -0.523. The number of likely N-dealkylation sites (tertiary alicyclic amines) is 1. The number of ether oxygens (including phenoxy) is 1. The Kier molecular flexibility index (Phi) is 6.22. The summed E-state index contributed by atoms with van der Waals surface area (Å²) < 4.78 is 5.44. The quantitative estimate of drug-likeness (QED) is 0.383. The predicted octanol–water partition coefficient (Wildman–Crippen LogP) is 1.01. The highest BCUT2D eigenvalue weighted by Gasteiger charge is 2.58. The highest BCUT2D eigenvalue weighted by atomic mass is 16.5. The van der Waals surface area contributed by atoms with Crippen LogP contribution in [0.1, 0.15) is 29.8 Å². The molecule has 0 radical (unpaired) electrons. The van der Waals surface area contributed by atoms with Crippen molar-refractivity contribution < 1.29 is 29.0 Å². The van der Waals surface area contributed by atoms with Crippen molar-refractivity contribution in [3.8, 4) is 5.75 Å². The van der Waals surface area contributed by atoms with Crippen LogP contribution in [0.2, 0.25) is 0 Å². The number of allylic oxidation sites excluding steroid dienone is 2. The number of Topliss-reactive ketones (excluding diaryl/α,β-unsaturated/α-hetero) is 1. The molecule has 38 heavy (non-hydrogen) atoms. The second-order valence-corrected chi connectivity index (χ2v) is 10.9. The lowest BCUT2D eigenvalue weighted by Gasteiger charge is -2.30. The Balaban J connectivity index is 1.29. The fourth-order valence-corrected chi connectivity index (χ4v) is 7.13. The summed E-state index contributed by atoms with van der Waals surface area (Å²) in [5.41, 5.74) is 1.13. The second-order valence-electron chi connectivity index (χ2n) is 10.9. The van der Waals surface area contributed by atoms with Crippen LogP contribution in [0.3, 0.4) is 0 Å². The number of amides is 3. The monoisotopic (exact) mass is 520 g/mol. The van der Waals surface area contributed by atoms with Crippen LogP contribution in [0, 0.1) is 29.6 Å². The van der Waals surface area contributed by atoms with Crippen LogP contribution in [0.15, 0.2) is 36.4 Å². The lowest BCUT2D eigenvalue weighted by atomic mass is 9.81. The number of carbonyl (C=O) groups is 4. The minimum Gasteiger partial charge on any atom is -0.496 e. The van der Waals surface area contributed by atoms with Gasteiger partial charge in [0.25, 0.3) is 5.91 Å². The Morgan fingerprint density at radius 3 is 2.79 bits per heavy atom. The summed E-state index contributed by atoms with van der Waals surface area (Å²) >= 11 is 0. The molecule has 0 spiro atoms. The molecule has 2 aromatic rings. The van der Waals surface area contributed by atoms with Gasteiger partial charge in [0, 0.05) is 29.9 Å². The third-order valence-corrected chi connectivity index (χ3v) is 8.94. The molecule has 0 unspecified atom stereocenters. The van der Waals surface area contributed by atoms with Gasteiger partial charge >= 0.3 is 0 Å². The Hall–Kier alpha value is -3.66. The first kappa shape index (κ1) is 24.7. The number of fused-ring (bicyclic) bond motifs is 6. The van der Waals surface area contributed by atoms with Gasteiger partial charge in [0.1, 0.15) is 24.1 Å². The minimum absolute atomic E-state index is 0.0486. The van der Waals surface area contributed by atoms with Crippen molar-refractivity contribution >= 4 is 34.4 Å². The maximum Gasteiger partial charge on any atom is 0.271 e. The van der Waals surface area contributed by atoms with Gasteiger partial charge in [-0.05, 0) is 61.1 Å². The molecule has 4 N–H and O–H groups in total. The normalized spacial score (nSPS) is 29.9. The van der Waals surface area contributed by atoms with Gasteiger partial charge in [0.15, 0.2) is 5.78 Å². The molecule has 200 valence electrons. The molecule has 1 aromatic carbocycles. The van der Waals surface area contributed by atoms with Crippen molar-refractivity contribution in [2.75, 3.05) is 26.8 Å². The first-order valence-corrected chi connectivity index (χ1v) is 13.3. The zero-order valence-electron chi connectivity index (χ0n) is 21.2. The third kappa shape index (κ3) is 3.98. The molecule has 4 aliphatic rings. The van der Waals surface area contributed by atoms with Gasteiger partial charge in [0.05, 0.1) is 13.2 Å². The Morgan fingerprint density at radius 1 is 1.24 bits per heavy atom. The molecule has 10 nitrogen and oxygen atoms in total. The molecule has 10 heteroatoms. The van der Waals surface area contributed by atoms with E-state index in [0.29, 0.717) is 36.9 Å². The van der Waals surface area contributed by atoms with Gasteiger partial charge in [-0.2, -0.15) is 0 Å². The van der Waals surface area contributed by atoms with E-state index in [1.807, 2.05) is 18.2 Å². The Labute approximate surface area is 219 Å². The van der Waals surface area contributed by atoms with Crippen molar-refractivity contribution in [1.29, 1.82) is 0 Å². The van der Waals surface area contributed by atoms with Gasteiger partial charge in [-0.25, -0.2) is 0 Å². The van der Waals surface area contributed by atoms with Crippen LogP contribution < -0.4 is 15.4 Å². The fourth-order valence-electron chi connectivity index (χ4n) is 7.13. The Morgan fingerprint density at radius 2 is 2.05 bits per heavy atom. The van der Waals surface area contributed by atoms with E-state index < -0.39 is 36.3 Å². The molecule has 1 saturated carbocycles. The molecule has 2 aliphatic carbocycles. The number of methoxy groups -OCH3 is 1. The van der Waals surface area contributed by atoms with Gasteiger partial charge < -0.3 is 30.4 Å². The number of aliphatic hydroxyl groups excluding tert-OH is 1. The molecule has 2 saturated heterocycles. The summed E-state index contributed by atoms with van der Waals surface area (Å²) in [6, 6.07) is 5.54. The van der Waals surface area contributed by atoms with E-state index in [9.17, 15) is 24.3 Å². The van der Waals surface area contributed by atoms with Crippen molar-refractivity contribution in [1.82, 2.24) is 20.5 Å². The average molecular weight is 521 g/mol. The van der Waals surface area contributed by atoms with E-state index in [1.54, 1.807) is 18.1 Å². The maximum atomic E-state index is 13.9. The molecule has 3 heterocycles. The van der Waals surface area contributed by atoms with E-state index in [1.165, 1.54) is 0 Å². The molecule has 6 rings (SSSR count). The summed E-state index contributed by atoms with van der Waals surface area (Å²) in [6.07, 6.45) is 6.00. The van der Waals surface area contributed by atoms with Gasteiger partial charge in [0.2, 0.25) is 11.8 Å². The number of benzene rings is 1. The van der Waals surface area contributed by atoms with Gasteiger partial charge in [-0.1, -0.05) is 18.2 Å². The lowest BCUT2D eigenvalue weighted by Crippen LogP contribution is -2.54. The van der Waals surface area contributed by atoms with Crippen LogP contribution in [0.5, 0.6) is 5.75 Å². The van der Waals surface area contributed by atoms with E-state index in [4.69, 9.17) is 4.74 Å². The first-order valence-electron chi connectivity index (χ1n) is 13.3. The highest BCUT2D eigenvalue weighted by Crippen LogP contribution is 2.54. The number of rotatable bonds is 8. The molecule has 2 bridgehead atoms. The number of ketones is 1. The third-order valence-electron chi connectivity index (χ3n) is 8.94. The molecule has 3 fully saturated rings. The highest BCUT2D eigenvalue weighted by molar-refractivity contribution is 6.02. The number of H-pyrrole nitrogens is 1. The SMILES string of the molecule is COc1cccc2[nH]c(C(=O)N3C[C@H]4[C@@H]([C@H]3C(=O)N[C@@H](C[C@@H]3CCNC3=O)C(=O)CO)[C@H]3C=C[C@@H]4C3)cc12. The number of aromatic nitrogens is 1. The molecular formula is C28H32N4O6. The lowest BCUT2D eigenvalue weighted by molar-refractivity contribution is -0.133. The zero-order chi connectivity index (χ0) is 26.6. The summed E-state index contributed by atoms with van der Waals surface area (Å²) in [7, 11) is 1.58. The van der Waals surface area contributed by atoms with Crippen LogP contribution in [-0.2, 0) is 14.4 Å². The van der Waals surface area contributed by atoms with Crippen molar-refractivity contribution in [3.05, 3.63) is 42.1 Å². The fraction of sp³-hybridized carbons (Fsp3) is 0.500. The van der Waals surface area contributed by atoms with E-state index >= 15 is 0 Å². The van der Waals surface area contributed by atoms with Crippen molar-refractivity contribution in [2.24, 2.45) is 29.6 Å². The van der Waals surface area contributed by atoms with Crippen LogP contribution in [0.25, 0.3) is 10.9 Å². The molecule has 7 atom stereocenters. The van der Waals surface area contributed by atoms with Crippen molar-refractivity contribution in [3.63, 3.8) is 0 Å². The topological polar surface area (TPSA) is 141 Å². The summed E-state index contributed by atoms with van der Waals surface area (Å²) in [5, 5.41) is 15.9. The largest absolute Gasteiger partial charge is 0.496 e. The zero-order valence-corrected chi connectivity index (χ0v) is 21.2. The number of hydrogen-bond acceptors (Lipinski definition) is 6. The Bertz CT molecular complexity index is 1330. The molecule has 3 amide bonds. The van der Waals surface area contributed by atoms with E-state index in [2.05, 4.69) is 27.8 Å². The summed E-state index contributed by atoms with van der Waals surface area (Å²) in [6.45, 7) is 0.239. The average Bonchev–Trinajstić information content (AvgIpc) is 3.74. The number of nitrogens with one attached hydrogen (secondary N) is 3. The second kappa shape index (κ2) is 9.58. The number of carbonyl (C=O) groups excluding carboxylic acids is 4. The number of nitrogens with zero attached hydrogens (tertiary/aromatic N) is 1. The minimum atomic E-state index is -0.996. The van der Waals surface area contributed by atoms with Gasteiger partial charge in [-0.15, -0.1) is 0 Å².